The number of anilines is 2. The normalized spacial score (nSPS) is 24.2. The highest BCUT2D eigenvalue weighted by atomic mass is 35.5. The fourth-order valence-electron chi connectivity index (χ4n) is 10.4. The summed E-state index contributed by atoms with van der Waals surface area (Å²) in [7, 11) is 0. The number of fused-ring (bicyclic) bond motifs is 1. The summed E-state index contributed by atoms with van der Waals surface area (Å²) in [6.07, 6.45) is 1.26. The average molecular weight is 845 g/mol. The molecule has 0 spiro atoms. The maximum atomic E-state index is 13.5. The molecule has 5 amide bonds. The van der Waals surface area contributed by atoms with Crippen LogP contribution in [-0.4, -0.2) is 103 Å². The van der Waals surface area contributed by atoms with Gasteiger partial charge in [0.1, 0.15) is 24.0 Å². The largest absolute Gasteiger partial charge is 0.489 e. The van der Waals surface area contributed by atoms with Crippen LogP contribution in [0.1, 0.15) is 90.0 Å². The lowest BCUT2D eigenvalue weighted by molar-refractivity contribution is -0.164. The molecule has 0 radical (unpaired) electrons. The number of imide groups is 2. The number of benzene rings is 3. The van der Waals surface area contributed by atoms with Gasteiger partial charge in [-0.25, -0.2) is 0 Å². The molecule has 3 aromatic carbocycles. The number of amides is 5. The lowest BCUT2D eigenvalue weighted by Gasteiger charge is -2.63. The highest BCUT2D eigenvalue weighted by Gasteiger charge is 2.64. The van der Waals surface area contributed by atoms with Gasteiger partial charge in [0, 0.05) is 92.1 Å². The number of nitrogens with one attached hydrogen (secondary N) is 2. The Kier molecular flexibility index (Phi) is 10.8. The van der Waals surface area contributed by atoms with Crippen LogP contribution in [0.15, 0.2) is 60.7 Å². The predicted molar refractivity (Wildman–Crippen MR) is 227 cm³/mol. The van der Waals surface area contributed by atoms with Crippen LogP contribution >= 0.6 is 11.6 Å². The first-order valence-corrected chi connectivity index (χ1v) is 21.2. The molecule has 4 aliphatic heterocycles. The number of hydrogen-bond donors (Lipinski definition) is 2. The van der Waals surface area contributed by atoms with E-state index in [1.54, 1.807) is 30.3 Å². The number of halogens is 1. The quantitative estimate of drug-likeness (QED) is 0.272. The van der Waals surface area contributed by atoms with Gasteiger partial charge < -0.3 is 19.9 Å². The molecule has 1 atom stereocenters. The van der Waals surface area contributed by atoms with E-state index in [0.29, 0.717) is 54.4 Å². The monoisotopic (exact) mass is 844 g/mol. The number of nitrogens with zero attached hydrogens (tertiary/aromatic N) is 6. The summed E-state index contributed by atoms with van der Waals surface area (Å²) in [5.74, 6) is -1.68. The molecule has 61 heavy (non-hydrogen) atoms. The zero-order chi connectivity index (χ0) is 43.4. The number of carbonyl (C=O) groups excluding carboxylic acids is 5. The number of rotatable bonds is 9. The van der Waals surface area contributed by atoms with E-state index in [4.69, 9.17) is 16.3 Å². The number of ether oxygens (including phenoxy) is 1. The molecule has 8 rings (SSSR count). The summed E-state index contributed by atoms with van der Waals surface area (Å²) >= 11 is 6.25. The fourth-order valence-corrected chi connectivity index (χ4v) is 10.6. The van der Waals surface area contributed by atoms with Crippen molar-refractivity contribution >= 4 is 52.5 Å². The van der Waals surface area contributed by atoms with E-state index in [9.17, 15) is 34.5 Å². The highest BCUT2D eigenvalue weighted by molar-refractivity contribution is 6.31. The van der Waals surface area contributed by atoms with E-state index in [2.05, 4.69) is 65.2 Å². The van der Waals surface area contributed by atoms with E-state index in [-0.39, 0.29) is 52.9 Å². The molecule has 1 saturated carbocycles. The average Bonchev–Trinajstić information content (AvgIpc) is 3.49. The van der Waals surface area contributed by atoms with Gasteiger partial charge in [0.2, 0.25) is 11.8 Å². The van der Waals surface area contributed by atoms with Crippen molar-refractivity contribution in [3.8, 4) is 17.9 Å². The topological polar surface area (TPSA) is 179 Å². The molecule has 2 N–H and O–H groups in total. The number of piperazine rings is 1. The van der Waals surface area contributed by atoms with Crippen molar-refractivity contribution in [2.24, 2.45) is 16.2 Å². The van der Waals surface area contributed by atoms with Crippen LogP contribution in [0.2, 0.25) is 5.02 Å². The number of carbonyl (C=O) groups is 5. The SMILES string of the molecule is CC1(C)C(NC(=O)c2ccc(N3CCN(CC4(C#N)CCN(c5ccc6c(c5)C(=O)N(C5CCC(=O)NC5=O)C6=O)CC4)CC3)cc2)C(C)(C)C1Oc1ccc(C#N)c(Cl)c1. The zero-order valence-corrected chi connectivity index (χ0v) is 35.6. The molecule has 4 fully saturated rings. The van der Waals surface area contributed by atoms with Gasteiger partial charge in [-0.05, 0) is 73.9 Å². The van der Waals surface area contributed by atoms with E-state index < -0.39 is 35.1 Å². The second-order valence-electron chi connectivity index (χ2n) is 18.2. The Balaban J connectivity index is 0.818. The second kappa shape index (κ2) is 15.8. The van der Waals surface area contributed by atoms with E-state index in [1.165, 1.54) is 0 Å². The standard InChI is InChI=1S/C46H49ClN8O6/c1-44(2)42(45(3,4)43(44)61-32-11-7-29(25-48)35(47)24-32)51-38(57)28-5-8-30(9-6-28)54-21-19-52(20-22-54)27-46(26-49)15-17-53(18-16-46)31-10-12-33-34(23-31)41(60)55(40(33)59)36-13-14-37(56)50-39(36)58/h5-12,23-24,36,42-43H,13-22,27H2,1-4H3,(H,51,57)(H,50,56,58). The van der Waals surface area contributed by atoms with E-state index >= 15 is 0 Å². The van der Waals surface area contributed by atoms with Gasteiger partial charge in [0.15, 0.2) is 0 Å². The van der Waals surface area contributed by atoms with Crippen molar-refractivity contribution < 1.29 is 28.7 Å². The maximum absolute atomic E-state index is 13.5. The molecule has 3 saturated heterocycles. The van der Waals surface area contributed by atoms with Gasteiger partial charge in [0.05, 0.1) is 33.2 Å². The molecule has 5 aliphatic rings. The third kappa shape index (κ3) is 7.57. The Hall–Kier alpha value is -5.96. The van der Waals surface area contributed by atoms with Crippen molar-refractivity contribution in [1.29, 1.82) is 10.5 Å². The summed E-state index contributed by atoms with van der Waals surface area (Å²) in [6.45, 7) is 13.4. The molecule has 0 bridgehead atoms. The third-order valence-corrected chi connectivity index (χ3v) is 13.9. The minimum Gasteiger partial charge on any atom is -0.489 e. The molecule has 3 aromatic rings. The zero-order valence-electron chi connectivity index (χ0n) is 34.8. The summed E-state index contributed by atoms with van der Waals surface area (Å²) < 4.78 is 6.38. The molecular formula is C46H49ClN8O6. The van der Waals surface area contributed by atoms with Crippen LogP contribution in [0.4, 0.5) is 11.4 Å². The Morgan fingerprint density at radius 2 is 1.48 bits per heavy atom. The molecule has 15 heteroatoms. The highest BCUT2D eigenvalue weighted by Crippen LogP contribution is 2.55. The summed E-state index contributed by atoms with van der Waals surface area (Å²) in [5, 5.41) is 25.5. The molecule has 14 nitrogen and oxygen atoms in total. The Morgan fingerprint density at radius 3 is 2.10 bits per heavy atom. The molecule has 1 aliphatic carbocycles. The third-order valence-electron chi connectivity index (χ3n) is 13.6. The first-order valence-electron chi connectivity index (χ1n) is 20.8. The summed E-state index contributed by atoms with van der Waals surface area (Å²) in [5.41, 5.74) is 2.00. The molecule has 316 valence electrons. The van der Waals surface area contributed by atoms with Gasteiger partial charge in [-0.1, -0.05) is 39.3 Å². The van der Waals surface area contributed by atoms with Crippen molar-refractivity contribution in [3.05, 3.63) is 87.9 Å². The predicted octanol–water partition coefficient (Wildman–Crippen LogP) is 5.16. The number of piperidine rings is 2. The minimum absolute atomic E-state index is 0.0631. The number of nitriles is 2. The molecule has 0 aromatic heterocycles. The van der Waals surface area contributed by atoms with Crippen LogP contribution in [-0.2, 0) is 9.59 Å². The molecule has 1 unspecified atom stereocenters. The van der Waals surface area contributed by atoms with Crippen molar-refractivity contribution in [3.63, 3.8) is 0 Å². The van der Waals surface area contributed by atoms with Gasteiger partial charge in [-0.3, -0.25) is 39.1 Å². The lowest BCUT2D eigenvalue weighted by Crippen LogP contribution is -2.74. The first kappa shape index (κ1) is 41.8. The Morgan fingerprint density at radius 1 is 0.836 bits per heavy atom. The van der Waals surface area contributed by atoms with Crippen LogP contribution in [0.5, 0.6) is 5.75 Å². The molecule has 4 heterocycles. The van der Waals surface area contributed by atoms with Crippen LogP contribution < -0.4 is 25.2 Å². The van der Waals surface area contributed by atoms with Crippen LogP contribution in [0.25, 0.3) is 0 Å². The van der Waals surface area contributed by atoms with Gasteiger partial charge in [0.25, 0.3) is 17.7 Å². The van der Waals surface area contributed by atoms with Crippen LogP contribution in [0.3, 0.4) is 0 Å². The van der Waals surface area contributed by atoms with E-state index in [0.717, 1.165) is 42.5 Å². The Labute approximate surface area is 360 Å². The smallest absolute Gasteiger partial charge is 0.262 e. The minimum atomic E-state index is -1.01. The maximum Gasteiger partial charge on any atom is 0.262 e. The van der Waals surface area contributed by atoms with Gasteiger partial charge in [-0.15, -0.1) is 0 Å². The Bertz CT molecular complexity index is 2370. The van der Waals surface area contributed by atoms with E-state index in [1.807, 2.05) is 30.3 Å². The van der Waals surface area contributed by atoms with Crippen molar-refractivity contribution in [1.82, 2.24) is 20.4 Å². The first-order chi connectivity index (χ1) is 29.0. The second-order valence-corrected chi connectivity index (χ2v) is 18.6. The summed E-state index contributed by atoms with van der Waals surface area (Å²) in [4.78, 5) is 72.0. The van der Waals surface area contributed by atoms with Crippen LogP contribution in [0, 0.1) is 38.9 Å². The lowest BCUT2D eigenvalue weighted by atomic mass is 9.49. The summed E-state index contributed by atoms with van der Waals surface area (Å²) in [6, 6.07) is 21.5. The van der Waals surface area contributed by atoms with Crippen molar-refractivity contribution in [2.45, 2.75) is 71.6 Å². The van der Waals surface area contributed by atoms with Crippen molar-refractivity contribution in [2.75, 3.05) is 55.6 Å². The molecular weight excluding hydrogens is 796 g/mol. The fraction of sp³-hybridized carbons (Fsp3) is 0.457. The van der Waals surface area contributed by atoms with Gasteiger partial charge in [-0.2, -0.15) is 10.5 Å². The number of hydrogen-bond acceptors (Lipinski definition) is 11. The van der Waals surface area contributed by atoms with Gasteiger partial charge >= 0.3 is 0 Å².